The Bertz CT molecular complexity index is 538. The first-order valence-corrected chi connectivity index (χ1v) is 7.56. The summed E-state index contributed by atoms with van der Waals surface area (Å²) in [4.78, 5) is 11.7. The average Bonchev–Trinajstić information content (AvgIpc) is 2.28. The van der Waals surface area contributed by atoms with Gasteiger partial charge in [-0.1, -0.05) is 26.0 Å². The van der Waals surface area contributed by atoms with Crippen LogP contribution in [0, 0.1) is 5.92 Å². The summed E-state index contributed by atoms with van der Waals surface area (Å²) in [7, 11) is -3.55. The highest BCUT2D eigenvalue weighted by atomic mass is 32.2. The van der Waals surface area contributed by atoms with Gasteiger partial charge in [-0.2, -0.15) is 0 Å². The topological polar surface area (TPSA) is 115 Å². The van der Waals surface area contributed by atoms with E-state index in [9.17, 15) is 13.2 Å². The van der Waals surface area contributed by atoms with Gasteiger partial charge in [-0.25, -0.2) is 13.6 Å². The molecule has 0 aliphatic heterocycles. The van der Waals surface area contributed by atoms with Gasteiger partial charge in [0.15, 0.2) is 0 Å². The third-order valence-electron chi connectivity index (χ3n) is 2.61. The van der Waals surface area contributed by atoms with E-state index in [1.165, 1.54) is 0 Å². The molecule has 106 valence electrons. The minimum Gasteiger partial charge on any atom is -0.325 e. The Hall–Kier alpha value is -1.44. The van der Waals surface area contributed by atoms with Crippen LogP contribution in [0.4, 0.5) is 5.69 Å². The van der Waals surface area contributed by atoms with Crippen LogP contribution in [0.15, 0.2) is 24.3 Å². The zero-order valence-electron chi connectivity index (χ0n) is 11.0. The largest absolute Gasteiger partial charge is 0.325 e. The molecule has 0 fully saturated rings. The molecule has 0 aliphatic carbocycles. The minimum absolute atomic E-state index is 0.0432. The van der Waals surface area contributed by atoms with Crippen molar-refractivity contribution in [1.29, 1.82) is 0 Å². The summed E-state index contributed by atoms with van der Waals surface area (Å²) in [5, 5.41) is 7.61. The summed E-state index contributed by atoms with van der Waals surface area (Å²) in [6, 6.07) is 5.85. The molecular weight excluding hydrogens is 266 g/mol. The molecule has 0 bridgehead atoms. The number of sulfonamides is 1. The molecule has 1 amide bonds. The van der Waals surface area contributed by atoms with E-state index < -0.39 is 16.1 Å². The predicted octanol–water partition coefficient (Wildman–Crippen LogP) is 0.397. The lowest BCUT2D eigenvalue weighted by Gasteiger charge is -2.15. The first kappa shape index (κ1) is 15.6. The zero-order valence-corrected chi connectivity index (χ0v) is 11.8. The van der Waals surface area contributed by atoms with Crippen LogP contribution in [0.25, 0.3) is 0 Å². The maximum absolute atomic E-state index is 11.7. The number of anilines is 1. The summed E-state index contributed by atoms with van der Waals surface area (Å²) >= 11 is 0. The van der Waals surface area contributed by atoms with Gasteiger partial charge < -0.3 is 11.1 Å². The van der Waals surface area contributed by atoms with E-state index in [1.54, 1.807) is 24.3 Å². The molecule has 5 N–H and O–H groups in total. The van der Waals surface area contributed by atoms with Crippen molar-refractivity contribution in [3.63, 3.8) is 0 Å². The maximum atomic E-state index is 11.7. The van der Waals surface area contributed by atoms with Crippen LogP contribution >= 0.6 is 0 Å². The van der Waals surface area contributed by atoms with Crippen LogP contribution in [-0.2, 0) is 20.6 Å². The van der Waals surface area contributed by atoms with Crippen molar-refractivity contribution in [2.24, 2.45) is 16.8 Å². The van der Waals surface area contributed by atoms with Gasteiger partial charge >= 0.3 is 0 Å². The van der Waals surface area contributed by atoms with Gasteiger partial charge in [0.2, 0.25) is 15.9 Å². The van der Waals surface area contributed by atoms with Crippen LogP contribution in [0.2, 0.25) is 0 Å². The lowest BCUT2D eigenvalue weighted by atomic mass is 10.0. The Labute approximate surface area is 113 Å². The van der Waals surface area contributed by atoms with E-state index in [1.807, 2.05) is 13.8 Å². The highest BCUT2D eigenvalue weighted by Gasteiger charge is 2.17. The number of carbonyl (C=O) groups is 1. The Morgan fingerprint density at radius 2 is 1.79 bits per heavy atom. The van der Waals surface area contributed by atoms with Crippen LogP contribution < -0.4 is 16.2 Å². The van der Waals surface area contributed by atoms with Crippen LogP contribution in [-0.4, -0.2) is 20.4 Å². The summed E-state index contributed by atoms with van der Waals surface area (Å²) in [6.07, 6.45) is 0. The molecule has 1 aromatic rings. The van der Waals surface area contributed by atoms with Gasteiger partial charge in [0.05, 0.1) is 11.8 Å². The van der Waals surface area contributed by atoms with Crippen LogP contribution in [0.3, 0.4) is 0 Å². The molecule has 6 nitrogen and oxygen atoms in total. The number of amides is 1. The highest BCUT2D eigenvalue weighted by molar-refractivity contribution is 7.88. The smallest absolute Gasteiger partial charge is 0.241 e. The number of nitrogens with two attached hydrogens (primary N) is 2. The van der Waals surface area contributed by atoms with Crippen molar-refractivity contribution in [2.45, 2.75) is 25.6 Å². The Kier molecular flexibility index (Phi) is 5.04. The summed E-state index contributed by atoms with van der Waals surface area (Å²) < 4.78 is 21.8. The van der Waals surface area contributed by atoms with Crippen molar-refractivity contribution in [3.05, 3.63) is 29.8 Å². The van der Waals surface area contributed by atoms with Crippen LogP contribution in [0.1, 0.15) is 19.4 Å². The molecule has 0 aliphatic rings. The SMILES string of the molecule is CC(C)[C@H](N)C(=O)Nc1ccc(CS(N)(=O)=O)cc1. The summed E-state index contributed by atoms with van der Waals surface area (Å²) in [5.74, 6) is -0.455. The number of hydrogen-bond acceptors (Lipinski definition) is 4. The fourth-order valence-electron chi connectivity index (χ4n) is 1.44. The third kappa shape index (κ3) is 5.37. The van der Waals surface area contributed by atoms with Crippen molar-refractivity contribution in [1.82, 2.24) is 0 Å². The maximum Gasteiger partial charge on any atom is 0.241 e. The van der Waals surface area contributed by atoms with Gasteiger partial charge in [0, 0.05) is 5.69 Å². The molecule has 0 saturated carbocycles. The molecule has 0 saturated heterocycles. The molecule has 0 aromatic heterocycles. The molecule has 1 rings (SSSR count). The van der Waals surface area contributed by atoms with Gasteiger partial charge in [-0.15, -0.1) is 0 Å². The first-order valence-electron chi connectivity index (χ1n) is 5.85. The van der Waals surface area contributed by atoms with Crippen molar-refractivity contribution < 1.29 is 13.2 Å². The third-order valence-corrected chi connectivity index (χ3v) is 3.35. The second-order valence-electron chi connectivity index (χ2n) is 4.76. The predicted molar refractivity (Wildman–Crippen MR) is 74.7 cm³/mol. The van der Waals surface area contributed by atoms with Crippen molar-refractivity contribution >= 4 is 21.6 Å². The Balaban J connectivity index is 2.70. The zero-order chi connectivity index (χ0) is 14.6. The standard InChI is InChI=1S/C12H19N3O3S/c1-8(2)11(13)12(16)15-10-5-3-9(4-6-10)7-19(14,17)18/h3-6,8,11H,7,13H2,1-2H3,(H,15,16)(H2,14,17,18)/t11-/m0/s1. The molecule has 0 radical (unpaired) electrons. The first-order chi connectivity index (χ1) is 8.69. The lowest BCUT2D eigenvalue weighted by molar-refractivity contribution is -0.118. The second kappa shape index (κ2) is 6.14. The highest BCUT2D eigenvalue weighted by Crippen LogP contribution is 2.12. The Morgan fingerprint density at radius 3 is 2.21 bits per heavy atom. The van der Waals surface area contributed by atoms with Gasteiger partial charge in [0.25, 0.3) is 0 Å². The Morgan fingerprint density at radius 1 is 1.26 bits per heavy atom. The quantitative estimate of drug-likeness (QED) is 0.726. The molecule has 19 heavy (non-hydrogen) atoms. The minimum atomic E-state index is -3.55. The van der Waals surface area contributed by atoms with Gasteiger partial charge in [-0.3, -0.25) is 4.79 Å². The second-order valence-corrected chi connectivity index (χ2v) is 6.38. The molecule has 1 atom stereocenters. The normalized spacial score (nSPS) is 13.3. The number of hydrogen-bond donors (Lipinski definition) is 3. The van der Waals surface area contributed by atoms with E-state index in [0.717, 1.165) is 0 Å². The molecule has 0 heterocycles. The average molecular weight is 285 g/mol. The van der Waals surface area contributed by atoms with E-state index >= 15 is 0 Å². The van der Waals surface area contributed by atoms with E-state index in [0.29, 0.717) is 11.3 Å². The molecule has 1 aromatic carbocycles. The number of nitrogens with one attached hydrogen (secondary N) is 1. The number of rotatable bonds is 5. The monoisotopic (exact) mass is 285 g/mol. The summed E-state index contributed by atoms with van der Waals surface area (Å²) in [6.45, 7) is 3.72. The molecule has 0 unspecified atom stereocenters. The van der Waals surface area contributed by atoms with Gasteiger partial charge in [-0.05, 0) is 23.6 Å². The molecule has 0 spiro atoms. The van der Waals surface area contributed by atoms with E-state index in [2.05, 4.69) is 5.32 Å². The number of carbonyl (C=O) groups excluding carboxylic acids is 1. The number of primary sulfonamides is 1. The number of benzene rings is 1. The van der Waals surface area contributed by atoms with Crippen molar-refractivity contribution in [2.75, 3.05) is 5.32 Å². The fraction of sp³-hybridized carbons (Fsp3) is 0.417. The summed E-state index contributed by atoms with van der Waals surface area (Å²) in [5.41, 5.74) is 6.85. The fourth-order valence-corrected chi connectivity index (χ4v) is 2.10. The lowest BCUT2D eigenvalue weighted by Crippen LogP contribution is -2.39. The van der Waals surface area contributed by atoms with Crippen LogP contribution in [0.5, 0.6) is 0 Å². The van der Waals surface area contributed by atoms with Gasteiger partial charge in [0.1, 0.15) is 0 Å². The molecule has 7 heteroatoms. The van der Waals surface area contributed by atoms with E-state index in [-0.39, 0.29) is 17.6 Å². The van der Waals surface area contributed by atoms with E-state index in [4.69, 9.17) is 10.9 Å². The molecular formula is C12H19N3O3S. The van der Waals surface area contributed by atoms with Crippen molar-refractivity contribution in [3.8, 4) is 0 Å².